The van der Waals surface area contributed by atoms with Crippen molar-refractivity contribution < 1.29 is 4.79 Å². The summed E-state index contributed by atoms with van der Waals surface area (Å²) in [6.07, 6.45) is 8.90. The summed E-state index contributed by atoms with van der Waals surface area (Å²) in [6.45, 7) is 2.04. The van der Waals surface area contributed by atoms with E-state index in [0.717, 1.165) is 12.1 Å². The number of hydrogen-bond acceptors (Lipinski definition) is 0. The quantitative estimate of drug-likeness (QED) is 0.357. The van der Waals surface area contributed by atoms with Crippen LogP contribution in [0.2, 0.25) is 0 Å². The largest absolute Gasteiger partial charge is 0.497 e. The van der Waals surface area contributed by atoms with Gasteiger partial charge < -0.3 is 10.3 Å². The minimum absolute atomic E-state index is 0.278. The van der Waals surface area contributed by atoms with E-state index in [4.69, 9.17) is 0 Å². The van der Waals surface area contributed by atoms with Crippen molar-refractivity contribution in [3.05, 3.63) is 60.2 Å². The van der Waals surface area contributed by atoms with Crippen LogP contribution in [0.4, 0.5) is 5.69 Å². The number of benzene rings is 1. The van der Waals surface area contributed by atoms with E-state index < -0.39 is 0 Å². The van der Waals surface area contributed by atoms with E-state index in [-0.39, 0.29) is 5.41 Å². The second-order valence-corrected chi connectivity index (χ2v) is 4.35. The first-order chi connectivity index (χ1) is 8.24. The van der Waals surface area contributed by atoms with Gasteiger partial charge in [-0.2, -0.15) is 0 Å². The molecule has 1 aromatic rings. The summed E-state index contributed by atoms with van der Waals surface area (Å²) in [4.78, 5) is 3.40. The van der Waals surface area contributed by atoms with Gasteiger partial charge in [0.1, 0.15) is 11.1 Å². The molecule has 0 saturated heterocycles. The highest BCUT2D eigenvalue weighted by Crippen LogP contribution is 2.28. The number of anilines is 1. The molecule has 0 fully saturated rings. The Morgan fingerprint density at radius 2 is 2.06 bits per heavy atom. The van der Waals surface area contributed by atoms with E-state index in [2.05, 4.69) is 16.2 Å². The fraction of sp³-hybridized carbons (Fsp3) is 0.214. The number of amidine groups is 1. The third kappa shape index (κ3) is 2.52. The molecule has 1 aliphatic rings. The molecule has 1 unspecified atom stereocenters. The number of allylic oxidation sites excluding steroid dienone is 3. The first-order valence-corrected chi connectivity index (χ1v) is 5.63. The summed E-state index contributed by atoms with van der Waals surface area (Å²) in [5.74, 6) is 0.560. The Morgan fingerprint density at radius 1 is 1.29 bits per heavy atom. The molecule has 1 aromatic carbocycles. The standard InChI is InChI=1S/C14H15N3/c1-14(10-6-3-7-11-14)13(17-15)16-12-8-4-2-5-9-12/h2-10,16H,11H2,1H3. The van der Waals surface area contributed by atoms with Crippen molar-refractivity contribution in [1.29, 1.82) is 0 Å². The van der Waals surface area contributed by atoms with Crippen LogP contribution in [-0.4, -0.2) is 10.6 Å². The van der Waals surface area contributed by atoms with Gasteiger partial charge in [0.25, 0.3) is 0 Å². The van der Waals surface area contributed by atoms with Crippen LogP contribution in [-0.2, 0) is 0 Å². The van der Waals surface area contributed by atoms with Gasteiger partial charge in [-0.25, -0.2) is 5.32 Å². The third-order valence-corrected chi connectivity index (χ3v) is 2.93. The Balaban J connectivity index is 2.21. The predicted molar refractivity (Wildman–Crippen MR) is 69.7 cm³/mol. The zero-order valence-electron chi connectivity index (χ0n) is 9.80. The van der Waals surface area contributed by atoms with E-state index in [9.17, 15) is 5.53 Å². The van der Waals surface area contributed by atoms with Crippen molar-refractivity contribution in [2.75, 3.05) is 5.32 Å². The Kier molecular flexibility index (Phi) is 3.22. The van der Waals surface area contributed by atoms with Gasteiger partial charge in [-0.05, 0) is 25.5 Å². The zero-order chi connectivity index (χ0) is 12.1. The molecule has 2 rings (SSSR count). The topological polar surface area (TPSA) is 48.4 Å². The van der Waals surface area contributed by atoms with Gasteiger partial charge in [0.05, 0.1) is 0 Å². The first-order valence-electron chi connectivity index (χ1n) is 5.63. The highest BCUT2D eigenvalue weighted by Gasteiger charge is 2.34. The summed E-state index contributed by atoms with van der Waals surface area (Å²) >= 11 is 0. The minimum atomic E-state index is -0.278. The molecule has 0 aromatic heterocycles. The molecule has 17 heavy (non-hydrogen) atoms. The van der Waals surface area contributed by atoms with Crippen LogP contribution in [0.5, 0.6) is 0 Å². The summed E-state index contributed by atoms with van der Waals surface area (Å²) in [5.41, 5.74) is 9.81. The maximum Gasteiger partial charge on any atom is 0.342 e. The van der Waals surface area contributed by atoms with Crippen LogP contribution in [0.15, 0.2) is 54.6 Å². The fourth-order valence-electron chi connectivity index (χ4n) is 1.84. The van der Waals surface area contributed by atoms with Crippen molar-refractivity contribution in [1.82, 2.24) is 0 Å². The smallest absolute Gasteiger partial charge is 0.342 e. The van der Waals surface area contributed by atoms with E-state index in [1.54, 1.807) is 0 Å². The Morgan fingerprint density at radius 3 is 2.65 bits per heavy atom. The lowest BCUT2D eigenvalue weighted by molar-refractivity contribution is -0.0160. The van der Waals surface area contributed by atoms with Gasteiger partial charge in [-0.3, -0.25) is 0 Å². The molecule has 1 N–H and O–H groups in total. The molecule has 0 aliphatic heterocycles. The molecule has 0 bridgehead atoms. The second kappa shape index (κ2) is 4.81. The lowest BCUT2D eigenvalue weighted by Gasteiger charge is -2.21. The molecule has 0 saturated carbocycles. The van der Waals surface area contributed by atoms with Crippen LogP contribution >= 0.6 is 0 Å². The second-order valence-electron chi connectivity index (χ2n) is 4.35. The van der Waals surface area contributed by atoms with Crippen LogP contribution in [0.1, 0.15) is 13.3 Å². The lowest BCUT2D eigenvalue weighted by Crippen LogP contribution is -2.33. The van der Waals surface area contributed by atoms with Gasteiger partial charge in [0.15, 0.2) is 0 Å². The van der Waals surface area contributed by atoms with Crippen molar-refractivity contribution >= 4 is 11.5 Å². The third-order valence-electron chi connectivity index (χ3n) is 2.93. The van der Waals surface area contributed by atoms with E-state index >= 15 is 0 Å². The normalized spacial score (nSPS) is 21.9. The molecule has 0 radical (unpaired) electrons. The summed E-state index contributed by atoms with van der Waals surface area (Å²) < 4.78 is 0. The molecule has 0 amide bonds. The molecule has 3 heteroatoms. The average molecular weight is 225 g/mol. The predicted octanol–water partition coefficient (Wildman–Crippen LogP) is 3.25. The van der Waals surface area contributed by atoms with Gasteiger partial charge in [0, 0.05) is 0 Å². The molecule has 0 spiro atoms. The minimum Gasteiger partial charge on any atom is -0.497 e. The molecule has 86 valence electrons. The number of hydrogen-bond donors (Lipinski definition) is 1. The van der Waals surface area contributed by atoms with E-state index in [1.807, 2.05) is 55.5 Å². The highest BCUT2D eigenvalue weighted by molar-refractivity contribution is 5.97. The van der Waals surface area contributed by atoms with Crippen molar-refractivity contribution in [2.24, 2.45) is 5.41 Å². The highest BCUT2D eigenvalue weighted by atomic mass is 15.0. The lowest BCUT2D eigenvalue weighted by atomic mass is 9.82. The molecular formula is C14H15N3. The molecule has 0 heterocycles. The number of nitrogens with zero attached hydrogens (tertiary/aromatic N) is 2. The summed E-state index contributed by atoms with van der Waals surface area (Å²) in [6, 6.07) is 9.71. The number of rotatable bonds is 2. The summed E-state index contributed by atoms with van der Waals surface area (Å²) in [5, 5.41) is 3.15. The van der Waals surface area contributed by atoms with Crippen LogP contribution in [0, 0.1) is 5.41 Å². The van der Waals surface area contributed by atoms with Gasteiger partial charge in [0.2, 0.25) is 0 Å². The summed E-state index contributed by atoms with van der Waals surface area (Å²) in [7, 11) is 0. The maximum absolute atomic E-state index is 9.17. The van der Waals surface area contributed by atoms with Crippen molar-refractivity contribution in [2.45, 2.75) is 13.3 Å². The molecular weight excluding hydrogens is 210 g/mol. The Hall–Kier alpha value is -2.12. The Labute approximate surface area is 101 Å². The fourth-order valence-corrected chi connectivity index (χ4v) is 1.84. The van der Waals surface area contributed by atoms with E-state index in [0.29, 0.717) is 5.84 Å². The Bertz CT molecular complexity index is 495. The van der Waals surface area contributed by atoms with E-state index in [1.165, 1.54) is 0 Å². The zero-order valence-corrected chi connectivity index (χ0v) is 9.80. The molecule has 3 nitrogen and oxygen atoms in total. The maximum atomic E-state index is 9.17. The monoisotopic (exact) mass is 225 g/mol. The SMILES string of the molecule is CC1(C(=[N+]=[N-])Nc2ccccc2)C=CC=CC1. The van der Waals surface area contributed by atoms with Crippen LogP contribution in [0.25, 0.3) is 5.53 Å². The van der Waals surface area contributed by atoms with Gasteiger partial charge in [-0.15, -0.1) is 0 Å². The van der Waals surface area contributed by atoms with Gasteiger partial charge >= 0.3 is 5.84 Å². The average Bonchev–Trinajstić information content (AvgIpc) is 2.38. The van der Waals surface area contributed by atoms with Crippen LogP contribution in [0.3, 0.4) is 0 Å². The first kappa shape index (κ1) is 11.4. The number of nitrogens with one attached hydrogen (secondary N) is 1. The van der Waals surface area contributed by atoms with Crippen molar-refractivity contribution in [3.8, 4) is 0 Å². The van der Waals surface area contributed by atoms with Gasteiger partial charge in [-0.1, -0.05) is 42.5 Å². The molecule has 1 aliphatic carbocycles. The molecule has 1 atom stereocenters. The van der Waals surface area contributed by atoms with Crippen molar-refractivity contribution in [3.63, 3.8) is 0 Å². The van der Waals surface area contributed by atoms with Crippen LogP contribution < -0.4 is 5.32 Å². The number of para-hydroxylation sites is 1.